The van der Waals surface area contributed by atoms with Gasteiger partial charge in [0.1, 0.15) is 11.3 Å². The third kappa shape index (κ3) is 1.81. The molecule has 0 aromatic carbocycles. The van der Waals surface area contributed by atoms with Gasteiger partial charge in [-0.25, -0.2) is 4.98 Å². The van der Waals surface area contributed by atoms with Gasteiger partial charge in [0.25, 0.3) is 0 Å². The van der Waals surface area contributed by atoms with E-state index in [2.05, 4.69) is 32.6 Å². The van der Waals surface area contributed by atoms with Crippen molar-refractivity contribution in [3.8, 4) is 0 Å². The average Bonchev–Trinajstić information content (AvgIpc) is 2.65. The Labute approximate surface area is 81.9 Å². The number of aromatic amines is 1. The molecule has 0 saturated heterocycles. The summed E-state index contributed by atoms with van der Waals surface area (Å²) in [5.41, 5.74) is 1.46. The van der Waals surface area contributed by atoms with E-state index < -0.39 is 0 Å². The third-order valence-corrected chi connectivity index (χ3v) is 2.02. The molecule has 5 heteroatoms. The molecule has 0 atom stereocenters. The van der Waals surface area contributed by atoms with E-state index >= 15 is 0 Å². The van der Waals surface area contributed by atoms with Crippen LogP contribution in [0.2, 0.25) is 0 Å². The van der Waals surface area contributed by atoms with Crippen molar-refractivity contribution in [3.05, 3.63) is 12.1 Å². The van der Waals surface area contributed by atoms with Gasteiger partial charge in [-0.05, 0) is 18.6 Å². The van der Waals surface area contributed by atoms with Gasteiger partial charge in [-0.2, -0.15) is 10.3 Å². The number of hydrogen-bond acceptors (Lipinski definition) is 4. The fraction of sp³-hybridized carbons (Fsp3) is 0.444. The van der Waals surface area contributed by atoms with Crippen molar-refractivity contribution in [2.24, 2.45) is 0 Å². The summed E-state index contributed by atoms with van der Waals surface area (Å²) < 4.78 is 0. The molecule has 2 rings (SSSR count). The number of anilines is 1. The molecule has 2 aromatic heterocycles. The summed E-state index contributed by atoms with van der Waals surface area (Å²) in [5, 5.41) is 13.6. The van der Waals surface area contributed by atoms with Crippen molar-refractivity contribution < 1.29 is 0 Å². The van der Waals surface area contributed by atoms with Crippen LogP contribution in [0, 0.1) is 0 Å². The number of unbranched alkanes of at least 4 members (excludes halogenated alkanes) is 1. The van der Waals surface area contributed by atoms with Gasteiger partial charge in [0, 0.05) is 6.54 Å². The second-order valence-electron chi connectivity index (χ2n) is 3.14. The highest BCUT2D eigenvalue weighted by atomic mass is 15.3. The minimum Gasteiger partial charge on any atom is -0.370 e. The number of hydrogen-bond donors (Lipinski definition) is 2. The highest BCUT2D eigenvalue weighted by Crippen LogP contribution is 2.09. The summed E-state index contributed by atoms with van der Waals surface area (Å²) in [7, 11) is 0. The molecule has 0 fully saturated rings. The van der Waals surface area contributed by atoms with Gasteiger partial charge in [-0.15, -0.1) is 5.10 Å². The molecule has 2 N–H and O–H groups in total. The lowest BCUT2D eigenvalue weighted by atomic mass is 10.3. The van der Waals surface area contributed by atoms with Crippen LogP contribution in [-0.2, 0) is 0 Å². The standard InChI is InChI=1S/C9H13N5/c1-2-3-6-10-8-5-4-7-9(11-8)13-14-12-7/h4-5H,2-3,6H2,1H3,(H2,10,11,12,13,14). The highest BCUT2D eigenvalue weighted by molar-refractivity contribution is 5.70. The molecule has 0 aliphatic rings. The second-order valence-corrected chi connectivity index (χ2v) is 3.14. The number of fused-ring (bicyclic) bond motifs is 1. The molecule has 2 aromatic rings. The van der Waals surface area contributed by atoms with E-state index in [-0.39, 0.29) is 0 Å². The zero-order valence-corrected chi connectivity index (χ0v) is 8.12. The van der Waals surface area contributed by atoms with Crippen LogP contribution >= 0.6 is 0 Å². The van der Waals surface area contributed by atoms with E-state index in [4.69, 9.17) is 0 Å². The fourth-order valence-corrected chi connectivity index (χ4v) is 1.23. The first kappa shape index (κ1) is 8.93. The molecule has 0 amide bonds. The van der Waals surface area contributed by atoms with Crippen molar-refractivity contribution >= 4 is 17.0 Å². The predicted molar refractivity (Wildman–Crippen MR) is 55.1 cm³/mol. The van der Waals surface area contributed by atoms with Crippen LogP contribution < -0.4 is 5.32 Å². The number of pyridine rings is 1. The zero-order valence-electron chi connectivity index (χ0n) is 8.12. The van der Waals surface area contributed by atoms with E-state index in [1.54, 1.807) is 0 Å². The highest BCUT2D eigenvalue weighted by Gasteiger charge is 1.99. The fourth-order valence-electron chi connectivity index (χ4n) is 1.23. The molecule has 5 nitrogen and oxygen atoms in total. The van der Waals surface area contributed by atoms with Crippen molar-refractivity contribution in [2.45, 2.75) is 19.8 Å². The molecular weight excluding hydrogens is 178 g/mol. The normalized spacial score (nSPS) is 10.6. The zero-order chi connectivity index (χ0) is 9.80. The van der Waals surface area contributed by atoms with Gasteiger partial charge in [0.15, 0.2) is 0 Å². The Morgan fingerprint density at radius 3 is 3.14 bits per heavy atom. The van der Waals surface area contributed by atoms with Crippen LogP contribution in [-0.4, -0.2) is 26.9 Å². The SMILES string of the molecule is CCCCNc1ccc2n[nH]nc2n1. The number of aromatic nitrogens is 4. The minimum atomic E-state index is 0.659. The summed E-state index contributed by atoms with van der Waals surface area (Å²) in [6.07, 6.45) is 2.33. The lowest BCUT2D eigenvalue weighted by Crippen LogP contribution is -2.02. The first-order valence-corrected chi connectivity index (χ1v) is 4.81. The van der Waals surface area contributed by atoms with E-state index in [9.17, 15) is 0 Å². The first-order valence-electron chi connectivity index (χ1n) is 4.81. The van der Waals surface area contributed by atoms with Crippen LogP contribution in [0.3, 0.4) is 0 Å². The van der Waals surface area contributed by atoms with Crippen molar-refractivity contribution in [1.82, 2.24) is 20.4 Å². The van der Waals surface area contributed by atoms with Gasteiger partial charge < -0.3 is 5.32 Å². The Hall–Kier alpha value is -1.65. The largest absolute Gasteiger partial charge is 0.370 e. The molecule has 0 bridgehead atoms. The molecule has 14 heavy (non-hydrogen) atoms. The van der Waals surface area contributed by atoms with E-state index in [0.29, 0.717) is 5.65 Å². The summed E-state index contributed by atoms with van der Waals surface area (Å²) in [6.45, 7) is 3.11. The van der Waals surface area contributed by atoms with Gasteiger partial charge in [0.05, 0.1) is 0 Å². The number of nitrogens with zero attached hydrogens (tertiary/aromatic N) is 3. The third-order valence-electron chi connectivity index (χ3n) is 2.02. The molecule has 0 radical (unpaired) electrons. The number of H-pyrrole nitrogens is 1. The van der Waals surface area contributed by atoms with Crippen LogP contribution in [0.1, 0.15) is 19.8 Å². The van der Waals surface area contributed by atoms with Gasteiger partial charge in [-0.3, -0.25) is 0 Å². The summed E-state index contributed by atoms with van der Waals surface area (Å²) in [4.78, 5) is 4.29. The molecule has 0 unspecified atom stereocenters. The Balaban J connectivity index is 2.10. The molecular formula is C9H13N5. The topological polar surface area (TPSA) is 66.5 Å². The molecule has 0 aliphatic carbocycles. The van der Waals surface area contributed by atoms with Crippen LogP contribution in [0.25, 0.3) is 11.2 Å². The first-order chi connectivity index (χ1) is 6.90. The molecule has 0 aliphatic heterocycles. The number of nitrogens with one attached hydrogen (secondary N) is 2. The van der Waals surface area contributed by atoms with Crippen molar-refractivity contribution in [1.29, 1.82) is 0 Å². The van der Waals surface area contributed by atoms with Crippen molar-refractivity contribution in [3.63, 3.8) is 0 Å². The Morgan fingerprint density at radius 2 is 2.29 bits per heavy atom. The summed E-state index contributed by atoms with van der Waals surface area (Å²) >= 11 is 0. The van der Waals surface area contributed by atoms with Crippen molar-refractivity contribution in [2.75, 3.05) is 11.9 Å². The maximum Gasteiger partial charge on any atom is 0.203 e. The molecule has 0 saturated carbocycles. The average molecular weight is 191 g/mol. The Bertz CT molecular complexity index is 408. The van der Waals surface area contributed by atoms with Crippen LogP contribution in [0.5, 0.6) is 0 Å². The second kappa shape index (κ2) is 4.04. The molecule has 2 heterocycles. The summed E-state index contributed by atoms with van der Waals surface area (Å²) in [6, 6.07) is 3.82. The smallest absolute Gasteiger partial charge is 0.203 e. The van der Waals surface area contributed by atoms with E-state index in [0.717, 1.165) is 24.3 Å². The lowest BCUT2D eigenvalue weighted by molar-refractivity contribution is 0.831. The molecule has 0 spiro atoms. The lowest BCUT2D eigenvalue weighted by Gasteiger charge is -2.02. The molecule has 74 valence electrons. The van der Waals surface area contributed by atoms with Gasteiger partial charge in [-0.1, -0.05) is 13.3 Å². The summed E-state index contributed by atoms with van der Waals surface area (Å²) in [5.74, 6) is 0.861. The van der Waals surface area contributed by atoms with Crippen LogP contribution in [0.4, 0.5) is 5.82 Å². The number of rotatable bonds is 4. The maximum atomic E-state index is 4.29. The Kier molecular flexibility index (Phi) is 2.58. The van der Waals surface area contributed by atoms with Crippen LogP contribution in [0.15, 0.2) is 12.1 Å². The van der Waals surface area contributed by atoms with E-state index in [1.807, 2.05) is 12.1 Å². The van der Waals surface area contributed by atoms with Gasteiger partial charge in [0.2, 0.25) is 5.65 Å². The monoisotopic (exact) mass is 191 g/mol. The maximum absolute atomic E-state index is 4.29. The predicted octanol–water partition coefficient (Wildman–Crippen LogP) is 1.56. The minimum absolute atomic E-state index is 0.659. The quantitative estimate of drug-likeness (QED) is 0.720. The Morgan fingerprint density at radius 1 is 1.36 bits per heavy atom. The van der Waals surface area contributed by atoms with E-state index in [1.165, 1.54) is 6.42 Å². The van der Waals surface area contributed by atoms with Gasteiger partial charge >= 0.3 is 0 Å².